The summed E-state index contributed by atoms with van der Waals surface area (Å²) in [5, 5.41) is 2.68. The lowest BCUT2D eigenvalue weighted by atomic mass is 10.2. The van der Waals surface area contributed by atoms with E-state index in [9.17, 15) is 13.2 Å². The summed E-state index contributed by atoms with van der Waals surface area (Å²) in [5.74, 6) is 0.188. The second-order valence-electron chi connectivity index (χ2n) is 6.18. The van der Waals surface area contributed by atoms with Crippen LogP contribution in [-0.4, -0.2) is 63.0 Å². The summed E-state index contributed by atoms with van der Waals surface area (Å²) in [4.78, 5) is 13.5. The van der Waals surface area contributed by atoms with Crippen LogP contribution in [-0.2, 0) is 14.8 Å². The highest BCUT2D eigenvalue weighted by Gasteiger charge is 2.26. The number of hydrogen-bond acceptors (Lipinski definition) is 4. The lowest BCUT2D eigenvalue weighted by Crippen LogP contribution is -2.49. The summed E-state index contributed by atoms with van der Waals surface area (Å²) in [6.45, 7) is 4.78. The molecule has 1 aromatic rings. The molecule has 0 saturated carbocycles. The molecule has 1 aliphatic rings. The Balaban J connectivity index is 1.77. The minimum atomic E-state index is -3.28. The highest BCUT2D eigenvalue weighted by molar-refractivity contribution is 7.89. The molecule has 0 aromatic heterocycles. The van der Waals surface area contributed by atoms with Crippen molar-refractivity contribution in [2.45, 2.75) is 19.8 Å². The fraction of sp³-hybridized carbons (Fsp3) is 0.588. The molecule has 0 spiro atoms. The van der Waals surface area contributed by atoms with Crippen molar-refractivity contribution in [3.05, 3.63) is 29.8 Å². The SMILES string of the molecule is Cc1cccc(N2CCN(S(=O)(=O)CCCNC(=O)CCCl)CC2)c1. The topological polar surface area (TPSA) is 69.7 Å². The van der Waals surface area contributed by atoms with E-state index in [0.717, 1.165) is 5.69 Å². The summed E-state index contributed by atoms with van der Waals surface area (Å²) in [6, 6.07) is 8.25. The molecule has 0 unspecified atom stereocenters. The summed E-state index contributed by atoms with van der Waals surface area (Å²) < 4.78 is 26.4. The van der Waals surface area contributed by atoms with Gasteiger partial charge < -0.3 is 10.2 Å². The predicted molar refractivity (Wildman–Crippen MR) is 102 cm³/mol. The maximum absolute atomic E-state index is 12.4. The van der Waals surface area contributed by atoms with E-state index < -0.39 is 10.0 Å². The molecule has 0 aliphatic carbocycles. The van der Waals surface area contributed by atoms with Crippen molar-refractivity contribution >= 4 is 33.2 Å². The van der Waals surface area contributed by atoms with Crippen LogP contribution in [0.5, 0.6) is 0 Å². The third-order valence-corrected chi connectivity index (χ3v) is 6.37. The zero-order valence-corrected chi connectivity index (χ0v) is 16.2. The number of benzene rings is 1. The molecular formula is C17H26ClN3O3S. The van der Waals surface area contributed by atoms with E-state index in [1.165, 1.54) is 5.56 Å². The molecule has 1 saturated heterocycles. The van der Waals surface area contributed by atoms with Crippen molar-refractivity contribution in [3.8, 4) is 0 Å². The Morgan fingerprint density at radius 3 is 2.60 bits per heavy atom. The van der Waals surface area contributed by atoms with E-state index in [1.54, 1.807) is 4.31 Å². The Hall–Kier alpha value is -1.31. The first-order valence-electron chi connectivity index (χ1n) is 8.54. The van der Waals surface area contributed by atoms with E-state index in [-0.39, 0.29) is 24.0 Å². The minimum Gasteiger partial charge on any atom is -0.369 e. The molecule has 1 aliphatic heterocycles. The number of carbonyl (C=O) groups is 1. The summed E-state index contributed by atoms with van der Waals surface area (Å²) in [7, 11) is -3.28. The first-order valence-corrected chi connectivity index (χ1v) is 10.7. The molecule has 0 bridgehead atoms. The van der Waals surface area contributed by atoms with Gasteiger partial charge in [0.05, 0.1) is 5.75 Å². The summed E-state index contributed by atoms with van der Waals surface area (Å²) in [5.41, 5.74) is 2.34. The smallest absolute Gasteiger partial charge is 0.221 e. The van der Waals surface area contributed by atoms with Crippen LogP contribution in [0.2, 0.25) is 0 Å². The van der Waals surface area contributed by atoms with Crippen molar-refractivity contribution in [2.24, 2.45) is 0 Å². The van der Waals surface area contributed by atoms with Crippen LogP contribution in [0.15, 0.2) is 24.3 Å². The summed E-state index contributed by atoms with van der Waals surface area (Å²) in [6.07, 6.45) is 0.670. The average Bonchev–Trinajstić information content (AvgIpc) is 2.59. The zero-order chi connectivity index (χ0) is 18.3. The number of piperazine rings is 1. The van der Waals surface area contributed by atoms with Crippen molar-refractivity contribution in [1.82, 2.24) is 9.62 Å². The van der Waals surface area contributed by atoms with Crippen LogP contribution in [0, 0.1) is 6.92 Å². The number of alkyl halides is 1. The number of sulfonamides is 1. The second-order valence-corrected chi connectivity index (χ2v) is 8.65. The number of nitrogens with zero attached hydrogens (tertiary/aromatic N) is 2. The molecule has 25 heavy (non-hydrogen) atoms. The van der Waals surface area contributed by atoms with E-state index >= 15 is 0 Å². The monoisotopic (exact) mass is 387 g/mol. The van der Waals surface area contributed by atoms with Crippen molar-refractivity contribution < 1.29 is 13.2 Å². The van der Waals surface area contributed by atoms with Crippen LogP contribution >= 0.6 is 11.6 Å². The Kier molecular flexibility index (Phi) is 7.53. The third kappa shape index (κ3) is 6.17. The van der Waals surface area contributed by atoms with Gasteiger partial charge in [0.2, 0.25) is 15.9 Å². The van der Waals surface area contributed by atoms with Gasteiger partial charge in [-0.1, -0.05) is 12.1 Å². The maximum Gasteiger partial charge on any atom is 0.221 e. The Morgan fingerprint density at radius 1 is 1.24 bits per heavy atom. The van der Waals surface area contributed by atoms with Gasteiger partial charge in [0.15, 0.2) is 0 Å². The molecule has 1 N–H and O–H groups in total. The molecule has 1 amide bonds. The van der Waals surface area contributed by atoms with Gasteiger partial charge in [0.1, 0.15) is 0 Å². The molecule has 140 valence electrons. The van der Waals surface area contributed by atoms with Crippen LogP contribution in [0.3, 0.4) is 0 Å². The Labute approximate surface area is 155 Å². The van der Waals surface area contributed by atoms with Crippen molar-refractivity contribution in [1.29, 1.82) is 0 Å². The number of halogens is 1. The molecule has 1 heterocycles. The fourth-order valence-electron chi connectivity index (χ4n) is 2.83. The van der Waals surface area contributed by atoms with Crippen molar-refractivity contribution in [3.63, 3.8) is 0 Å². The highest BCUT2D eigenvalue weighted by atomic mass is 35.5. The Morgan fingerprint density at radius 2 is 1.96 bits per heavy atom. The standard InChI is InChI=1S/C17H26ClN3O3S/c1-15-4-2-5-16(14-15)20-9-11-21(12-10-20)25(23,24)13-3-8-19-17(22)6-7-18/h2,4-5,14H,3,6-13H2,1H3,(H,19,22). The van der Waals surface area contributed by atoms with Gasteiger partial charge in [-0.15, -0.1) is 11.6 Å². The Bertz CT molecular complexity index is 673. The van der Waals surface area contributed by atoms with Crippen LogP contribution in [0.1, 0.15) is 18.4 Å². The van der Waals surface area contributed by atoms with Crippen molar-refractivity contribution in [2.75, 3.05) is 49.3 Å². The molecular weight excluding hydrogens is 362 g/mol. The molecule has 1 fully saturated rings. The maximum atomic E-state index is 12.4. The molecule has 8 heteroatoms. The number of rotatable bonds is 8. The van der Waals surface area contributed by atoms with Gasteiger partial charge in [0, 0.05) is 50.7 Å². The van der Waals surface area contributed by atoms with Gasteiger partial charge in [-0.05, 0) is 31.0 Å². The lowest BCUT2D eigenvalue weighted by molar-refractivity contribution is -0.120. The first-order chi connectivity index (χ1) is 11.9. The van der Waals surface area contributed by atoms with E-state index in [1.807, 2.05) is 6.07 Å². The lowest BCUT2D eigenvalue weighted by Gasteiger charge is -2.35. The van der Waals surface area contributed by atoms with Gasteiger partial charge >= 0.3 is 0 Å². The molecule has 2 rings (SSSR count). The average molecular weight is 388 g/mol. The van der Waals surface area contributed by atoms with Gasteiger partial charge in [-0.25, -0.2) is 8.42 Å². The third-order valence-electron chi connectivity index (χ3n) is 4.22. The fourth-order valence-corrected chi connectivity index (χ4v) is 4.49. The van der Waals surface area contributed by atoms with Crippen LogP contribution in [0.25, 0.3) is 0 Å². The molecule has 0 atom stereocenters. The van der Waals surface area contributed by atoms with Crippen LogP contribution < -0.4 is 10.2 Å². The first kappa shape index (κ1) is 20.0. The predicted octanol–water partition coefficient (Wildman–Crippen LogP) is 1.58. The number of hydrogen-bond donors (Lipinski definition) is 1. The van der Waals surface area contributed by atoms with Gasteiger partial charge in [0.25, 0.3) is 0 Å². The minimum absolute atomic E-state index is 0.0542. The summed E-state index contributed by atoms with van der Waals surface area (Å²) >= 11 is 5.48. The van der Waals surface area contributed by atoms with E-state index in [0.29, 0.717) is 39.1 Å². The van der Waals surface area contributed by atoms with Gasteiger partial charge in [-0.2, -0.15) is 4.31 Å². The number of aryl methyl sites for hydroxylation is 1. The number of amides is 1. The number of anilines is 1. The second kappa shape index (κ2) is 9.40. The largest absolute Gasteiger partial charge is 0.369 e. The number of carbonyl (C=O) groups excluding carboxylic acids is 1. The number of nitrogens with one attached hydrogen (secondary N) is 1. The molecule has 0 radical (unpaired) electrons. The van der Waals surface area contributed by atoms with Gasteiger partial charge in [-0.3, -0.25) is 4.79 Å². The molecule has 1 aromatic carbocycles. The van der Waals surface area contributed by atoms with E-state index in [4.69, 9.17) is 11.6 Å². The van der Waals surface area contributed by atoms with E-state index in [2.05, 4.69) is 35.3 Å². The quantitative estimate of drug-likeness (QED) is 0.543. The normalized spacial score (nSPS) is 16.0. The van der Waals surface area contributed by atoms with Crippen LogP contribution in [0.4, 0.5) is 5.69 Å². The zero-order valence-electron chi connectivity index (χ0n) is 14.6. The molecule has 6 nitrogen and oxygen atoms in total. The highest BCUT2D eigenvalue weighted by Crippen LogP contribution is 2.19.